The van der Waals surface area contributed by atoms with Crippen molar-refractivity contribution in [3.63, 3.8) is 0 Å². The Morgan fingerprint density at radius 2 is 1.96 bits per heavy atom. The van der Waals surface area contributed by atoms with Gasteiger partial charge in [0.05, 0.1) is 28.2 Å². The molecule has 2 aromatic rings. The highest BCUT2D eigenvalue weighted by molar-refractivity contribution is 6.34. The first-order chi connectivity index (χ1) is 12.0. The van der Waals surface area contributed by atoms with Gasteiger partial charge in [-0.25, -0.2) is 0 Å². The van der Waals surface area contributed by atoms with E-state index in [0.717, 1.165) is 24.1 Å². The van der Waals surface area contributed by atoms with Crippen molar-refractivity contribution >= 4 is 23.5 Å². The molecule has 1 saturated carbocycles. The van der Waals surface area contributed by atoms with Crippen LogP contribution in [-0.2, 0) is 4.79 Å². The molecule has 1 amide bonds. The van der Waals surface area contributed by atoms with Gasteiger partial charge in [0.1, 0.15) is 0 Å². The molecule has 0 spiro atoms. The van der Waals surface area contributed by atoms with Crippen LogP contribution in [0.25, 0.3) is 11.3 Å². The summed E-state index contributed by atoms with van der Waals surface area (Å²) in [6.45, 7) is 0. The third kappa shape index (κ3) is 3.99. The maximum atomic E-state index is 12.8. The Bertz CT molecular complexity index is 787. The summed E-state index contributed by atoms with van der Waals surface area (Å²) in [6.07, 6.45) is 4.77. The number of carboxylic acids is 1. The van der Waals surface area contributed by atoms with E-state index in [9.17, 15) is 14.7 Å². The lowest BCUT2D eigenvalue weighted by Gasteiger charge is -2.29. The van der Waals surface area contributed by atoms with Crippen molar-refractivity contribution in [2.24, 2.45) is 0 Å². The van der Waals surface area contributed by atoms with Crippen molar-refractivity contribution in [1.29, 1.82) is 0 Å². The summed E-state index contributed by atoms with van der Waals surface area (Å²) >= 11 is 6.22. The maximum Gasteiger partial charge on any atom is 0.305 e. The third-order valence-corrected chi connectivity index (χ3v) is 4.93. The number of aromatic nitrogens is 1. The van der Waals surface area contributed by atoms with Crippen molar-refractivity contribution in [3.05, 3.63) is 53.2 Å². The summed E-state index contributed by atoms with van der Waals surface area (Å²) in [6, 6.07) is 10.7. The van der Waals surface area contributed by atoms with Crippen LogP contribution >= 0.6 is 11.6 Å². The summed E-state index contributed by atoms with van der Waals surface area (Å²) in [5, 5.41) is 12.5. The zero-order valence-corrected chi connectivity index (χ0v) is 14.4. The van der Waals surface area contributed by atoms with E-state index in [4.69, 9.17) is 11.6 Å². The number of rotatable bonds is 5. The molecule has 25 heavy (non-hydrogen) atoms. The summed E-state index contributed by atoms with van der Waals surface area (Å²) in [5.74, 6) is -1.25. The largest absolute Gasteiger partial charge is 0.481 e. The molecule has 1 aliphatic carbocycles. The summed E-state index contributed by atoms with van der Waals surface area (Å²) in [5.41, 5.74) is 1.18. The topological polar surface area (TPSA) is 79.3 Å². The van der Waals surface area contributed by atoms with Crippen LogP contribution in [0.4, 0.5) is 0 Å². The summed E-state index contributed by atoms with van der Waals surface area (Å²) < 4.78 is 0. The van der Waals surface area contributed by atoms with Gasteiger partial charge in [-0.3, -0.25) is 14.6 Å². The van der Waals surface area contributed by atoms with Crippen molar-refractivity contribution in [3.8, 4) is 11.3 Å². The number of carbonyl (C=O) groups excluding carboxylic acids is 1. The standard InChI is InChI=1S/C19H19ClN2O3/c20-15-7-6-13(16-5-1-4-10-21-16)11-14(15)18(25)22-19(12-17(23)24)8-2-3-9-19/h1,4-7,10-11H,2-3,8-9,12H2,(H,22,25)(H,23,24). The maximum absolute atomic E-state index is 12.8. The highest BCUT2D eigenvalue weighted by Gasteiger charge is 2.37. The fraction of sp³-hybridized carbons (Fsp3) is 0.316. The Hall–Kier alpha value is -2.40. The first-order valence-electron chi connectivity index (χ1n) is 8.24. The fourth-order valence-corrected chi connectivity index (χ4v) is 3.59. The number of carboxylic acid groups (broad SMARTS) is 1. The summed E-state index contributed by atoms with van der Waals surface area (Å²) in [4.78, 5) is 28.3. The average molecular weight is 359 g/mol. The predicted octanol–water partition coefficient (Wildman–Crippen LogP) is 3.92. The molecule has 1 heterocycles. The van der Waals surface area contributed by atoms with Gasteiger partial charge in [0, 0.05) is 11.8 Å². The van der Waals surface area contributed by atoms with Gasteiger partial charge in [0.2, 0.25) is 0 Å². The van der Waals surface area contributed by atoms with E-state index < -0.39 is 11.5 Å². The van der Waals surface area contributed by atoms with E-state index in [1.807, 2.05) is 24.3 Å². The van der Waals surface area contributed by atoms with Gasteiger partial charge < -0.3 is 10.4 Å². The van der Waals surface area contributed by atoms with E-state index in [1.165, 1.54) is 0 Å². The molecule has 3 rings (SSSR count). The van der Waals surface area contributed by atoms with E-state index in [0.29, 0.717) is 23.4 Å². The number of nitrogens with zero attached hydrogens (tertiary/aromatic N) is 1. The van der Waals surface area contributed by atoms with Gasteiger partial charge in [-0.15, -0.1) is 0 Å². The number of carbonyl (C=O) groups is 2. The molecule has 2 N–H and O–H groups in total. The number of aliphatic carboxylic acids is 1. The lowest BCUT2D eigenvalue weighted by Crippen LogP contribution is -2.47. The number of pyridine rings is 1. The Labute approximate surface area is 151 Å². The quantitative estimate of drug-likeness (QED) is 0.849. The van der Waals surface area contributed by atoms with Gasteiger partial charge in [0.15, 0.2) is 0 Å². The number of amides is 1. The molecular weight excluding hydrogens is 340 g/mol. The highest BCUT2D eigenvalue weighted by atomic mass is 35.5. The first-order valence-corrected chi connectivity index (χ1v) is 8.62. The molecule has 0 aliphatic heterocycles. The lowest BCUT2D eigenvalue weighted by atomic mass is 9.92. The predicted molar refractivity (Wildman–Crippen MR) is 95.6 cm³/mol. The molecular formula is C19H19ClN2O3. The second kappa shape index (κ2) is 7.23. The van der Waals surface area contributed by atoms with E-state index >= 15 is 0 Å². The number of benzene rings is 1. The SMILES string of the molecule is O=C(O)CC1(NC(=O)c2cc(-c3ccccn3)ccc2Cl)CCCC1. The normalized spacial score (nSPS) is 15.7. The molecule has 1 aromatic carbocycles. The molecule has 1 aliphatic rings. The van der Waals surface area contributed by atoms with Crippen LogP contribution in [0.3, 0.4) is 0 Å². The zero-order valence-electron chi connectivity index (χ0n) is 13.7. The minimum atomic E-state index is -0.907. The van der Waals surface area contributed by atoms with Crippen molar-refractivity contribution < 1.29 is 14.7 Å². The van der Waals surface area contributed by atoms with Gasteiger partial charge in [-0.05, 0) is 37.1 Å². The van der Waals surface area contributed by atoms with E-state index in [2.05, 4.69) is 10.3 Å². The minimum Gasteiger partial charge on any atom is -0.481 e. The molecule has 0 bridgehead atoms. The van der Waals surface area contributed by atoms with Crippen LogP contribution in [0.15, 0.2) is 42.6 Å². The molecule has 1 aromatic heterocycles. The lowest BCUT2D eigenvalue weighted by molar-refractivity contribution is -0.138. The Morgan fingerprint density at radius 1 is 1.20 bits per heavy atom. The van der Waals surface area contributed by atoms with Crippen molar-refractivity contribution in [2.75, 3.05) is 0 Å². The summed E-state index contributed by atoms with van der Waals surface area (Å²) in [7, 11) is 0. The average Bonchev–Trinajstić information content (AvgIpc) is 3.03. The van der Waals surface area contributed by atoms with E-state index in [-0.39, 0.29) is 12.3 Å². The second-order valence-corrected chi connectivity index (χ2v) is 6.83. The van der Waals surface area contributed by atoms with Crippen LogP contribution in [-0.4, -0.2) is 27.5 Å². The molecule has 5 nitrogen and oxygen atoms in total. The molecule has 1 fully saturated rings. The zero-order chi connectivity index (χ0) is 17.9. The van der Waals surface area contributed by atoms with Crippen LogP contribution < -0.4 is 5.32 Å². The third-order valence-electron chi connectivity index (χ3n) is 4.60. The monoisotopic (exact) mass is 358 g/mol. The smallest absolute Gasteiger partial charge is 0.305 e. The molecule has 6 heteroatoms. The molecule has 0 saturated heterocycles. The minimum absolute atomic E-state index is 0.0731. The Morgan fingerprint density at radius 3 is 2.60 bits per heavy atom. The van der Waals surface area contributed by atoms with Gasteiger partial charge in [0.25, 0.3) is 5.91 Å². The number of nitrogens with one attached hydrogen (secondary N) is 1. The van der Waals surface area contributed by atoms with Gasteiger partial charge in [-0.2, -0.15) is 0 Å². The van der Waals surface area contributed by atoms with Gasteiger partial charge >= 0.3 is 5.97 Å². The van der Waals surface area contributed by atoms with Gasteiger partial charge in [-0.1, -0.05) is 36.6 Å². The van der Waals surface area contributed by atoms with Crippen molar-refractivity contribution in [1.82, 2.24) is 10.3 Å². The van der Waals surface area contributed by atoms with Crippen LogP contribution in [0.5, 0.6) is 0 Å². The molecule has 0 unspecified atom stereocenters. The van der Waals surface area contributed by atoms with Crippen molar-refractivity contribution in [2.45, 2.75) is 37.6 Å². The van der Waals surface area contributed by atoms with Crippen LogP contribution in [0, 0.1) is 0 Å². The first kappa shape index (κ1) is 17.4. The Balaban J connectivity index is 1.87. The number of hydrogen-bond acceptors (Lipinski definition) is 3. The highest BCUT2D eigenvalue weighted by Crippen LogP contribution is 2.33. The van der Waals surface area contributed by atoms with Crippen LogP contribution in [0.1, 0.15) is 42.5 Å². The Kier molecular flexibility index (Phi) is 5.04. The molecule has 130 valence electrons. The second-order valence-electron chi connectivity index (χ2n) is 6.42. The van der Waals surface area contributed by atoms with E-state index in [1.54, 1.807) is 18.3 Å². The molecule has 0 radical (unpaired) electrons. The molecule has 0 atom stereocenters. The number of halogens is 1. The number of hydrogen-bond donors (Lipinski definition) is 2. The fourth-order valence-electron chi connectivity index (χ4n) is 3.39. The van der Waals surface area contributed by atoms with Crippen LogP contribution in [0.2, 0.25) is 5.02 Å².